The van der Waals surface area contributed by atoms with Crippen molar-refractivity contribution in [2.45, 2.75) is 12.5 Å². The van der Waals surface area contributed by atoms with E-state index >= 15 is 0 Å². The SMILES string of the molecule is CNC(=O)[C@H](Cc1ccc(O)cc1)N=[N+]=[N-]. The van der Waals surface area contributed by atoms with Crippen LogP contribution < -0.4 is 5.32 Å². The number of phenolic OH excluding ortho intramolecular Hbond substituents is 1. The van der Waals surface area contributed by atoms with Crippen LogP contribution in [0.3, 0.4) is 0 Å². The Labute approximate surface area is 92.5 Å². The lowest BCUT2D eigenvalue weighted by atomic mass is 10.1. The maximum atomic E-state index is 11.3. The molecule has 1 atom stereocenters. The molecular formula is C10H12N4O2. The highest BCUT2D eigenvalue weighted by Crippen LogP contribution is 2.12. The molecule has 0 bridgehead atoms. The molecular weight excluding hydrogens is 208 g/mol. The average molecular weight is 220 g/mol. The molecule has 84 valence electrons. The first-order valence-corrected chi connectivity index (χ1v) is 4.71. The Morgan fingerprint density at radius 1 is 1.56 bits per heavy atom. The molecule has 0 saturated carbocycles. The first kappa shape index (κ1) is 11.9. The smallest absolute Gasteiger partial charge is 0.229 e. The van der Waals surface area contributed by atoms with Gasteiger partial charge in [-0.2, -0.15) is 0 Å². The van der Waals surface area contributed by atoms with E-state index in [1.165, 1.54) is 19.2 Å². The van der Waals surface area contributed by atoms with Crippen LogP contribution in [0.5, 0.6) is 5.75 Å². The van der Waals surface area contributed by atoms with Crippen LogP contribution >= 0.6 is 0 Å². The molecule has 1 aromatic carbocycles. The van der Waals surface area contributed by atoms with Crippen LogP contribution in [0.15, 0.2) is 29.4 Å². The zero-order chi connectivity index (χ0) is 12.0. The molecule has 1 rings (SSSR count). The topological polar surface area (TPSA) is 98.1 Å². The summed E-state index contributed by atoms with van der Waals surface area (Å²) in [6.45, 7) is 0. The summed E-state index contributed by atoms with van der Waals surface area (Å²) in [5.41, 5.74) is 9.16. The molecule has 1 aromatic rings. The molecule has 0 spiro atoms. The minimum absolute atomic E-state index is 0.157. The second-order valence-corrected chi connectivity index (χ2v) is 3.21. The van der Waals surface area contributed by atoms with Crippen LogP contribution in [0.1, 0.15) is 5.56 Å². The molecule has 0 aromatic heterocycles. The van der Waals surface area contributed by atoms with Crippen molar-refractivity contribution < 1.29 is 9.90 Å². The van der Waals surface area contributed by atoms with E-state index in [1.54, 1.807) is 12.1 Å². The molecule has 0 aliphatic rings. The van der Waals surface area contributed by atoms with Crippen LogP contribution in [0, 0.1) is 0 Å². The molecule has 0 aliphatic heterocycles. The molecule has 0 unspecified atom stereocenters. The van der Waals surface area contributed by atoms with Gasteiger partial charge < -0.3 is 10.4 Å². The van der Waals surface area contributed by atoms with E-state index in [0.717, 1.165) is 5.56 Å². The Kier molecular flexibility index (Phi) is 4.17. The molecule has 6 nitrogen and oxygen atoms in total. The molecule has 0 saturated heterocycles. The number of azide groups is 1. The zero-order valence-corrected chi connectivity index (χ0v) is 8.79. The number of nitrogens with zero attached hydrogens (tertiary/aromatic N) is 3. The van der Waals surface area contributed by atoms with Gasteiger partial charge in [0.2, 0.25) is 5.91 Å². The molecule has 0 radical (unpaired) electrons. The summed E-state index contributed by atoms with van der Waals surface area (Å²) in [7, 11) is 1.49. The van der Waals surface area contributed by atoms with E-state index in [-0.39, 0.29) is 11.7 Å². The number of phenols is 1. The van der Waals surface area contributed by atoms with Gasteiger partial charge >= 0.3 is 0 Å². The normalized spacial score (nSPS) is 11.3. The number of carbonyl (C=O) groups excluding carboxylic acids is 1. The lowest BCUT2D eigenvalue weighted by Crippen LogP contribution is -2.31. The molecule has 16 heavy (non-hydrogen) atoms. The molecule has 1 amide bonds. The van der Waals surface area contributed by atoms with Gasteiger partial charge in [0.1, 0.15) is 11.8 Å². The number of hydrogen-bond acceptors (Lipinski definition) is 3. The lowest BCUT2D eigenvalue weighted by Gasteiger charge is -2.09. The van der Waals surface area contributed by atoms with Crippen molar-refractivity contribution in [3.05, 3.63) is 40.3 Å². The quantitative estimate of drug-likeness (QED) is 0.455. The van der Waals surface area contributed by atoms with Gasteiger partial charge in [0.05, 0.1) is 0 Å². The largest absolute Gasteiger partial charge is 0.508 e. The predicted molar refractivity (Wildman–Crippen MR) is 58.8 cm³/mol. The third-order valence-electron chi connectivity index (χ3n) is 2.11. The summed E-state index contributed by atoms with van der Waals surface area (Å²) in [5.74, 6) is -0.171. The van der Waals surface area contributed by atoms with Crippen molar-refractivity contribution in [1.29, 1.82) is 0 Å². The van der Waals surface area contributed by atoms with Gasteiger partial charge in [0, 0.05) is 12.0 Å². The number of nitrogens with one attached hydrogen (secondary N) is 1. The standard InChI is InChI=1S/C10H12N4O2/c1-12-10(16)9(13-14-11)6-7-2-4-8(15)5-3-7/h2-5,9,15H,6H2,1H3,(H,12,16)/t9-/m0/s1. The van der Waals surface area contributed by atoms with Crippen LogP contribution in [0.4, 0.5) is 0 Å². The highest BCUT2D eigenvalue weighted by molar-refractivity contribution is 5.81. The highest BCUT2D eigenvalue weighted by Gasteiger charge is 2.15. The number of likely N-dealkylation sites (N-methyl/N-ethyl adjacent to an activating group) is 1. The average Bonchev–Trinajstić information content (AvgIpc) is 2.30. The number of rotatable bonds is 4. The van der Waals surface area contributed by atoms with E-state index < -0.39 is 6.04 Å². The summed E-state index contributed by atoms with van der Waals surface area (Å²) in [5, 5.41) is 14.9. The minimum Gasteiger partial charge on any atom is -0.508 e. The maximum absolute atomic E-state index is 11.3. The minimum atomic E-state index is -0.764. The summed E-state index contributed by atoms with van der Waals surface area (Å²) in [6.07, 6.45) is 0.310. The fourth-order valence-electron chi connectivity index (χ4n) is 1.27. The number of aromatic hydroxyl groups is 1. The van der Waals surface area contributed by atoms with Crippen LogP contribution in [0.25, 0.3) is 10.4 Å². The third-order valence-corrected chi connectivity index (χ3v) is 2.11. The van der Waals surface area contributed by atoms with Crippen molar-refractivity contribution in [2.75, 3.05) is 7.05 Å². The fraction of sp³-hybridized carbons (Fsp3) is 0.300. The van der Waals surface area contributed by atoms with Crippen molar-refractivity contribution in [3.63, 3.8) is 0 Å². The molecule has 0 heterocycles. The Morgan fingerprint density at radius 2 is 2.19 bits per heavy atom. The van der Waals surface area contributed by atoms with Gasteiger partial charge in [-0.3, -0.25) is 4.79 Å². The van der Waals surface area contributed by atoms with Gasteiger partial charge in [-0.05, 0) is 29.6 Å². The predicted octanol–water partition coefficient (Wildman–Crippen LogP) is 1.36. The first-order chi connectivity index (χ1) is 7.67. The van der Waals surface area contributed by atoms with E-state index in [1.807, 2.05) is 0 Å². The maximum Gasteiger partial charge on any atom is 0.229 e. The van der Waals surface area contributed by atoms with Gasteiger partial charge in [0.25, 0.3) is 0 Å². The lowest BCUT2D eigenvalue weighted by molar-refractivity contribution is -0.121. The Hall–Kier alpha value is -2.20. The Balaban J connectivity index is 2.79. The van der Waals surface area contributed by atoms with Crippen molar-refractivity contribution in [2.24, 2.45) is 5.11 Å². The van der Waals surface area contributed by atoms with Crippen LogP contribution in [0.2, 0.25) is 0 Å². The zero-order valence-electron chi connectivity index (χ0n) is 8.79. The van der Waals surface area contributed by atoms with Gasteiger partial charge in [-0.1, -0.05) is 17.2 Å². The summed E-state index contributed by atoms with van der Waals surface area (Å²) in [6, 6.07) is 5.63. The summed E-state index contributed by atoms with van der Waals surface area (Å²) >= 11 is 0. The number of carbonyl (C=O) groups is 1. The first-order valence-electron chi connectivity index (χ1n) is 4.71. The molecule has 2 N–H and O–H groups in total. The van der Waals surface area contributed by atoms with Crippen molar-refractivity contribution in [3.8, 4) is 5.75 Å². The summed E-state index contributed by atoms with van der Waals surface area (Å²) < 4.78 is 0. The number of benzene rings is 1. The monoisotopic (exact) mass is 220 g/mol. The Morgan fingerprint density at radius 3 is 2.69 bits per heavy atom. The van der Waals surface area contributed by atoms with Crippen LogP contribution in [-0.4, -0.2) is 24.1 Å². The van der Waals surface area contributed by atoms with E-state index in [0.29, 0.717) is 6.42 Å². The van der Waals surface area contributed by atoms with Crippen molar-refractivity contribution >= 4 is 5.91 Å². The summed E-state index contributed by atoms with van der Waals surface area (Å²) in [4.78, 5) is 14.0. The molecule has 0 aliphatic carbocycles. The molecule has 0 fully saturated rings. The fourth-order valence-corrected chi connectivity index (χ4v) is 1.27. The van der Waals surface area contributed by atoms with Crippen LogP contribution in [-0.2, 0) is 11.2 Å². The van der Waals surface area contributed by atoms with Gasteiger partial charge in [-0.25, -0.2) is 0 Å². The second kappa shape index (κ2) is 5.63. The molecule has 6 heteroatoms. The van der Waals surface area contributed by atoms with E-state index in [4.69, 9.17) is 10.6 Å². The van der Waals surface area contributed by atoms with Gasteiger partial charge in [-0.15, -0.1) is 0 Å². The highest BCUT2D eigenvalue weighted by atomic mass is 16.3. The third kappa shape index (κ3) is 3.18. The number of amides is 1. The van der Waals surface area contributed by atoms with Gasteiger partial charge in [0.15, 0.2) is 0 Å². The van der Waals surface area contributed by atoms with E-state index in [9.17, 15) is 4.79 Å². The van der Waals surface area contributed by atoms with Crippen molar-refractivity contribution in [1.82, 2.24) is 5.32 Å². The second-order valence-electron chi connectivity index (χ2n) is 3.21. The van der Waals surface area contributed by atoms with E-state index in [2.05, 4.69) is 15.3 Å². The number of hydrogen-bond donors (Lipinski definition) is 2. The Bertz CT molecular complexity index is 409.